The van der Waals surface area contributed by atoms with E-state index in [1.54, 1.807) is 0 Å². The summed E-state index contributed by atoms with van der Waals surface area (Å²) in [7, 11) is 0. The van der Waals surface area contributed by atoms with Crippen LogP contribution in [0.15, 0.2) is 160 Å². The smallest absolute Gasteiger partial charge is 0.143 e. The molecule has 0 radical (unpaired) electrons. The molecule has 0 unspecified atom stereocenters. The lowest BCUT2D eigenvalue weighted by atomic mass is 9.99. The van der Waals surface area contributed by atoms with E-state index in [9.17, 15) is 0 Å². The Kier molecular flexibility index (Phi) is 5.20. The summed E-state index contributed by atoms with van der Waals surface area (Å²) in [4.78, 5) is 2.36. The van der Waals surface area contributed by atoms with Crippen molar-refractivity contribution in [2.45, 2.75) is 0 Å². The fraction of sp³-hybridized carbons (Fsp3) is 0. The van der Waals surface area contributed by atoms with Gasteiger partial charge in [-0.1, -0.05) is 97.1 Å². The first-order chi connectivity index (χ1) is 21.3. The van der Waals surface area contributed by atoms with Crippen molar-refractivity contribution in [3.63, 3.8) is 0 Å². The van der Waals surface area contributed by atoms with Crippen molar-refractivity contribution >= 4 is 71.7 Å². The molecule has 2 aromatic heterocycles. The number of anilines is 3. The van der Waals surface area contributed by atoms with E-state index in [-0.39, 0.29) is 0 Å². The monoisotopic (exact) mass is 551 g/mol. The van der Waals surface area contributed by atoms with Gasteiger partial charge in [0.25, 0.3) is 0 Å². The van der Waals surface area contributed by atoms with Crippen molar-refractivity contribution in [3.8, 4) is 11.1 Å². The van der Waals surface area contributed by atoms with E-state index in [4.69, 9.17) is 8.83 Å². The zero-order chi connectivity index (χ0) is 28.3. The Morgan fingerprint density at radius 1 is 0.419 bits per heavy atom. The maximum Gasteiger partial charge on any atom is 0.143 e. The highest BCUT2D eigenvalue weighted by atomic mass is 16.3. The van der Waals surface area contributed by atoms with Crippen LogP contribution in [0.5, 0.6) is 0 Å². The highest BCUT2D eigenvalue weighted by molar-refractivity contribution is 6.20. The first kappa shape index (κ1) is 23.9. The summed E-state index contributed by atoms with van der Waals surface area (Å²) >= 11 is 0. The molecule has 0 aliphatic carbocycles. The minimum absolute atomic E-state index is 0.869. The second kappa shape index (κ2) is 9.37. The molecular weight excluding hydrogens is 526 g/mol. The Bertz CT molecular complexity index is 2470. The van der Waals surface area contributed by atoms with E-state index in [0.717, 1.165) is 77.5 Å². The van der Waals surface area contributed by atoms with E-state index in [1.165, 1.54) is 5.39 Å². The van der Waals surface area contributed by atoms with Gasteiger partial charge in [0.1, 0.15) is 22.3 Å². The van der Waals surface area contributed by atoms with Gasteiger partial charge in [0, 0.05) is 32.8 Å². The Morgan fingerprint density at radius 3 is 2.07 bits per heavy atom. The van der Waals surface area contributed by atoms with E-state index < -0.39 is 0 Å². The molecule has 0 aliphatic heterocycles. The van der Waals surface area contributed by atoms with Crippen LogP contribution in [0, 0.1) is 0 Å². The Balaban J connectivity index is 1.32. The second-order valence-electron chi connectivity index (χ2n) is 10.9. The van der Waals surface area contributed by atoms with E-state index in [1.807, 2.05) is 12.1 Å². The van der Waals surface area contributed by atoms with Crippen molar-refractivity contribution in [1.82, 2.24) is 0 Å². The quantitative estimate of drug-likeness (QED) is 0.218. The van der Waals surface area contributed by atoms with Crippen LogP contribution in [0.1, 0.15) is 0 Å². The highest BCUT2D eigenvalue weighted by Crippen LogP contribution is 2.47. The molecule has 0 aliphatic rings. The van der Waals surface area contributed by atoms with Crippen LogP contribution in [0.25, 0.3) is 65.8 Å². The maximum absolute atomic E-state index is 6.59. The fourth-order valence-electron chi connectivity index (χ4n) is 6.51. The van der Waals surface area contributed by atoms with Gasteiger partial charge in [-0.3, -0.25) is 0 Å². The third-order valence-corrected chi connectivity index (χ3v) is 8.45. The molecule has 43 heavy (non-hydrogen) atoms. The summed E-state index contributed by atoms with van der Waals surface area (Å²) in [5, 5.41) is 6.73. The third kappa shape index (κ3) is 3.68. The number of hydrogen-bond donors (Lipinski definition) is 0. The highest BCUT2D eigenvalue weighted by Gasteiger charge is 2.22. The van der Waals surface area contributed by atoms with Gasteiger partial charge < -0.3 is 13.7 Å². The van der Waals surface area contributed by atoms with Crippen molar-refractivity contribution in [2.24, 2.45) is 0 Å². The molecule has 0 atom stereocenters. The van der Waals surface area contributed by atoms with Crippen LogP contribution in [0.3, 0.4) is 0 Å². The molecule has 7 aromatic carbocycles. The van der Waals surface area contributed by atoms with Crippen LogP contribution >= 0.6 is 0 Å². The van der Waals surface area contributed by atoms with Gasteiger partial charge >= 0.3 is 0 Å². The maximum atomic E-state index is 6.59. The van der Waals surface area contributed by atoms with Crippen molar-refractivity contribution in [2.75, 3.05) is 4.90 Å². The average Bonchev–Trinajstić information content (AvgIpc) is 3.64. The van der Waals surface area contributed by atoms with Gasteiger partial charge in [0.15, 0.2) is 0 Å². The number of nitrogens with zero attached hydrogens (tertiary/aromatic N) is 1. The molecule has 0 saturated carbocycles. The van der Waals surface area contributed by atoms with Gasteiger partial charge in [0.2, 0.25) is 0 Å². The summed E-state index contributed by atoms with van der Waals surface area (Å²) in [5.74, 6) is 0. The van der Waals surface area contributed by atoms with Crippen LogP contribution in [0.2, 0.25) is 0 Å². The van der Waals surface area contributed by atoms with Crippen molar-refractivity contribution < 1.29 is 8.83 Å². The predicted molar refractivity (Wildman–Crippen MR) is 179 cm³/mol. The molecule has 0 amide bonds. The molecule has 202 valence electrons. The van der Waals surface area contributed by atoms with Gasteiger partial charge in [0.05, 0.1) is 16.8 Å². The Labute approximate surface area is 247 Å². The van der Waals surface area contributed by atoms with Crippen LogP contribution in [0.4, 0.5) is 17.1 Å². The summed E-state index contributed by atoms with van der Waals surface area (Å²) in [5.41, 5.74) is 9.08. The largest absolute Gasteiger partial charge is 0.456 e. The number of furan rings is 2. The van der Waals surface area contributed by atoms with Gasteiger partial charge in [-0.25, -0.2) is 0 Å². The molecule has 0 spiro atoms. The SMILES string of the molecule is c1ccc(N(c2ccccc2-c2ccc3oc4ccccc4c3c2)c2cccc3oc4c5ccccc5ccc4c23)cc1. The normalized spacial score (nSPS) is 11.7. The molecule has 3 heteroatoms. The number of hydrogen-bond acceptors (Lipinski definition) is 3. The van der Waals surface area contributed by atoms with Gasteiger partial charge in [-0.15, -0.1) is 0 Å². The second-order valence-corrected chi connectivity index (χ2v) is 10.9. The molecule has 0 bridgehead atoms. The summed E-state index contributed by atoms with van der Waals surface area (Å²) in [6.45, 7) is 0. The van der Waals surface area contributed by atoms with E-state index in [2.05, 4.69) is 144 Å². The topological polar surface area (TPSA) is 29.5 Å². The molecule has 0 fully saturated rings. The zero-order valence-corrected chi connectivity index (χ0v) is 23.2. The summed E-state index contributed by atoms with van der Waals surface area (Å²) in [6.07, 6.45) is 0. The lowest BCUT2D eigenvalue weighted by molar-refractivity contribution is 0.669. The first-order valence-electron chi connectivity index (χ1n) is 14.5. The fourth-order valence-corrected chi connectivity index (χ4v) is 6.51. The molecule has 2 heterocycles. The Morgan fingerprint density at radius 2 is 1.14 bits per heavy atom. The molecule has 9 aromatic rings. The standard InChI is InChI=1S/C40H25NO2/c1-2-12-28(13-3-1)41(35-18-10-20-38-39(35)32-23-21-26-11-4-5-15-30(26)40(32)43-38)34-17-8-6-14-29(34)27-22-24-37-33(25-27)31-16-7-9-19-36(31)42-37/h1-25H. The summed E-state index contributed by atoms with van der Waals surface area (Å²) < 4.78 is 12.7. The minimum Gasteiger partial charge on any atom is -0.456 e. The molecule has 3 nitrogen and oxygen atoms in total. The van der Waals surface area contributed by atoms with Crippen molar-refractivity contribution in [1.29, 1.82) is 0 Å². The van der Waals surface area contributed by atoms with Crippen LogP contribution in [-0.2, 0) is 0 Å². The number of benzene rings is 7. The molecular formula is C40H25NO2. The lowest BCUT2D eigenvalue weighted by Crippen LogP contribution is -2.11. The van der Waals surface area contributed by atoms with Crippen LogP contribution < -0.4 is 4.90 Å². The molecule has 9 rings (SSSR count). The zero-order valence-electron chi connectivity index (χ0n) is 23.2. The minimum atomic E-state index is 0.869. The van der Waals surface area contributed by atoms with E-state index >= 15 is 0 Å². The molecule has 0 saturated heterocycles. The van der Waals surface area contributed by atoms with Gasteiger partial charge in [-0.05, 0) is 65.5 Å². The van der Waals surface area contributed by atoms with Crippen LogP contribution in [-0.4, -0.2) is 0 Å². The third-order valence-electron chi connectivity index (χ3n) is 8.45. The number of para-hydroxylation sites is 3. The first-order valence-corrected chi connectivity index (χ1v) is 14.5. The number of rotatable bonds is 4. The van der Waals surface area contributed by atoms with Gasteiger partial charge in [-0.2, -0.15) is 0 Å². The predicted octanol–water partition coefficient (Wildman–Crippen LogP) is 11.8. The lowest BCUT2D eigenvalue weighted by Gasteiger charge is -2.28. The van der Waals surface area contributed by atoms with Crippen molar-refractivity contribution in [3.05, 3.63) is 152 Å². The number of fused-ring (bicyclic) bond motifs is 8. The summed E-state index contributed by atoms with van der Waals surface area (Å²) in [6, 6.07) is 53.1. The molecule has 0 N–H and O–H groups in total. The Hall–Kier alpha value is -5.80. The average molecular weight is 552 g/mol. The van der Waals surface area contributed by atoms with E-state index in [0.29, 0.717) is 0 Å².